The monoisotopic (exact) mass is 668 g/mol. The molecular formula is C50H40N2. The van der Waals surface area contributed by atoms with E-state index in [1.807, 2.05) is 42.5 Å². The zero-order valence-corrected chi connectivity index (χ0v) is 29.2. The molecule has 0 aliphatic heterocycles. The molecule has 6 aromatic carbocycles. The van der Waals surface area contributed by atoms with Crippen LogP contribution >= 0.6 is 0 Å². The summed E-state index contributed by atoms with van der Waals surface area (Å²) >= 11 is 0. The third-order valence-corrected chi connectivity index (χ3v) is 10.3. The van der Waals surface area contributed by atoms with Gasteiger partial charge in [-0.2, -0.15) is 0 Å². The molecule has 6 aromatic rings. The van der Waals surface area contributed by atoms with E-state index in [1.165, 1.54) is 44.5 Å². The highest BCUT2D eigenvalue weighted by Crippen LogP contribution is 2.63. The summed E-state index contributed by atoms with van der Waals surface area (Å²) in [5.74, 6) is 0. The molecule has 2 heteroatoms. The number of hydrogen-bond donors (Lipinski definition) is 0. The van der Waals surface area contributed by atoms with Crippen LogP contribution in [0.25, 0.3) is 22.3 Å². The second kappa shape index (κ2) is 13.9. The Kier molecular flexibility index (Phi) is 8.73. The second-order valence-electron chi connectivity index (χ2n) is 13.0. The van der Waals surface area contributed by atoms with Crippen LogP contribution in [0.4, 0.5) is 17.1 Å². The van der Waals surface area contributed by atoms with Crippen molar-refractivity contribution < 1.29 is 0 Å². The maximum Gasteiger partial charge on any atom is 0.0726 e. The zero-order chi connectivity index (χ0) is 35.5. The van der Waals surface area contributed by atoms with Gasteiger partial charge in [-0.1, -0.05) is 153 Å². The Balaban J connectivity index is 1.26. The molecule has 2 aliphatic carbocycles. The molecule has 0 aromatic heterocycles. The lowest BCUT2D eigenvalue weighted by atomic mass is 9.70. The lowest BCUT2D eigenvalue weighted by Crippen LogP contribution is -2.26. The molecule has 1 spiro atoms. The number of fused-ring (bicyclic) bond motifs is 10. The van der Waals surface area contributed by atoms with Crippen LogP contribution in [0.1, 0.15) is 22.3 Å². The van der Waals surface area contributed by atoms with Gasteiger partial charge in [0.2, 0.25) is 0 Å². The van der Waals surface area contributed by atoms with Gasteiger partial charge in [0, 0.05) is 35.0 Å². The van der Waals surface area contributed by atoms with Gasteiger partial charge >= 0.3 is 0 Å². The Hall–Kier alpha value is -6.64. The van der Waals surface area contributed by atoms with Gasteiger partial charge in [-0.15, -0.1) is 0 Å². The molecule has 0 saturated carbocycles. The first kappa shape index (κ1) is 32.6. The highest BCUT2D eigenvalue weighted by Gasteiger charge is 2.51. The molecule has 0 unspecified atom stereocenters. The zero-order valence-electron chi connectivity index (χ0n) is 29.2. The van der Waals surface area contributed by atoms with E-state index in [0.29, 0.717) is 6.54 Å². The number of anilines is 3. The molecule has 0 fully saturated rings. The Morgan fingerprint density at radius 2 is 0.962 bits per heavy atom. The van der Waals surface area contributed by atoms with Crippen LogP contribution in [-0.2, 0) is 5.41 Å². The summed E-state index contributed by atoms with van der Waals surface area (Å²) in [6.45, 7) is 12.8. The Bertz CT molecular complexity index is 2330. The highest BCUT2D eigenvalue weighted by atomic mass is 15.2. The van der Waals surface area contributed by atoms with Gasteiger partial charge in [0.15, 0.2) is 0 Å². The average Bonchev–Trinajstić information content (AvgIpc) is 3.67. The predicted molar refractivity (Wildman–Crippen MR) is 221 cm³/mol. The largest absolute Gasteiger partial charge is 0.338 e. The lowest BCUT2D eigenvalue weighted by molar-refractivity contribution is 0.793. The quantitative estimate of drug-likeness (QED) is 0.127. The topological polar surface area (TPSA) is 6.48 Å². The summed E-state index contributed by atoms with van der Waals surface area (Å²) in [6.07, 6.45) is 13.9. The van der Waals surface area contributed by atoms with Gasteiger partial charge < -0.3 is 9.80 Å². The van der Waals surface area contributed by atoms with Crippen LogP contribution in [0.2, 0.25) is 0 Å². The minimum Gasteiger partial charge on any atom is -0.338 e. The predicted octanol–water partition coefficient (Wildman–Crippen LogP) is 12.6. The van der Waals surface area contributed by atoms with E-state index in [-0.39, 0.29) is 0 Å². The molecule has 0 atom stereocenters. The average molecular weight is 669 g/mol. The van der Waals surface area contributed by atoms with E-state index in [9.17, 15) is 0 Å². The minimum absolute atomic E-state index is 0.401. The minimum atomic E-state index is -0.401. The van der Waals surface area contributed by atoms with Gasteiger partial charge in [0.25, 0.3) is 0 Å². The number of allylic oxidation sites excluding steroid dienone is 6. The number of hydrogen-bond acceptors (Lipinski definition) is 2. The van der Waals surface area contributed by atoms with Crippen LogP contribution in [0.3, 0.4) is 0 Å². The molecule has 8 rings (SSSR count). The summed E-state index contributed by atoms with van der Waals surface area (Å²) in [4.78, 5) is 4.57. The Morgan fingerprint density at radius 1 is 0.481 bits per heavy atom. The van der Waals surface area contributed by atoms with Gasteiger partial charge in [-0.3, -0.25) is 0 Å². The first-order valence-electron chi connectivity index (χ1n) is 17.8. The fourth-order valence-electron chi connectivity index (χ4n) is 8.20. The summed E-state index contributed by atoms with van der Waals surface area (Å²) in [7, 11) is 0. The van der Waals surface area contributed by atoms with Crippen LogP contribution < -0.4 is 9.80 Å². The number of rotatable bonds is 11. The number of nitrogens with zero attached hydrogens (tertiary/aromatic N) is 2. The van der Waals surface area contributed by atoms with E-state index in [1.54, 1.807) is 6.08 Å². The number of benzene rings is 6. The van der Waals surface area contributed by atoms with Crippen LogP contribution in [0.15, 0.2) is 225 Å². The van der Waals surface area contributed by atoms with Crippen molar-refractivity contribution >= 4 is 17.1 Å². The summed E-state index contributed by atoms with van der Waals surface area (Å²) in [5, 5.41) is 0. The van der Waals surface area contributed by atoms with Crippen molar-refractivity contribution in [3.63, 3.8) is 0 Å². The van der Waals surface area contributed by atoms with Crippen molar-refractivity contribution in [1.82, 2.24) is 0 Å². The molecule has 2 nitrogen and oxygen atoms in total. The van der Waals surface area contributed by atoms with Crippen molar-refractivity contribution in [3.05, 3.63) is 248 Å². The van der Waals surface area contributed by atoms with Gasteiger partial charge in [-0.25, -0.2) is 0 Å². The van der Waals surface area contributed by atoms with E-state index < -0.39 is 5.41 Å². The van der Waals surface area contributed by atoms with Crippen molar-refractivity contribution in [2.75, 3.05) is 16.3 Å². The third-order valence-electron chi connectivity index (χ3n) is 10.3. The third kappa shape index (κ3) is 5.28. The van der Waals surface area contributed by atoms with Gasteiger partial charge in [0.1, 0.15) is 0 Å². The van der Waals surface area contributed by atoms with Crippen LogP contribution in [-0.4, -0.2) is 6.54 Å². The molecular weight excluding hydrogens is 629 g/mol. The summed E-state index contributed by atoms with van der Waals surface area (Å²) < 4.78 is 0. The van der Waals surface area contributed by atoms with Crippen LogP contribution in [0.5, 0.6) is 0 Å². The second-order valence-corrected chi connectivity index (χ2v) is 13.0. The normalized spacial score (nSPS) is 13.6. The van der Waals surface area contributed by atoms with Gasteiger partial charge in [-0.05, 0) is 105 Å². The fourth-order valence-corrected chi connectivity index (χ4v) is 8.20. The van der Waals surface area contributed by atoms with Crippen LogP contribution in [0, 0.1) is 0 Å². The van der Waals surface area contributed by atoms with Crippen molar-refractivity contribution in [3.8, 4) is 22.3 Å². The Labute approximate surface area is 307 Å². The summed E-state index contributed by atoms with van der Waals surface area (Å²) in [5.41, 5.74) is 15.3. The Morgan fingerprint density at radius 3 is 1.50 bits per heavy atom. The molecule has 0 saturated heterocycles. The molecule has 0 radical (unpaired) electrons. The molecule has 2 aliphatic rings. The fraction of sp³-hybridized carbons (Fsp3) is 0.0400. The van der Waals surface area contributed by atoms with Crippen molar-refractivity contribution in [1.29, 1.82) is 0 Å². The maximum absolute atomic E-state index is 4.12. The first-order valence-corrected chi connectivity index (χ1v) is 17.8. The molecule has 0 N–H and O–H groups in total. The maximum atomic E-state index is 4.12. The number of para-hydroxylation sites is 2. The van der Waals surface area contributed by atoms with E-state index in [4.69, 9.17) is 0 Å². The standard InChI is InChI=1S/C50H40N2/c1-4-20-37(6-3)52(40-24-11-8-12-25-40)39(21-5-2)26-19-35-51(38-22-9-7-10-23-38)41-33-34-45-44-29-15-18-32-48(44)50(49(45)36-41)46-30-16-13-27-42(46)43-28-14-17-31-47(43)50/h4-34,36H,1-3,35H2/b26-19-,37-20+,39-21+. The van der Waals surface area contributed by atoms with Gasteiger partial charge in [0.05, 0.1) is 5.41 Å². The highest BCUT2D eigenvalue weighted by molar-refractivity contribution is 5.95. The van der Waals surface area contributed by atoms with E-state index >= 15 is 0 Å². The lowest BCUT2D eigenvalue weighted by Gasteiger charge is -2.32. The molecule has 0 bridgehead atoms. The first-order chi connectivity index (χ1) is 25.7. The summed E-state index contributed by atoms with van der Waals surface area (Å²) in [6, 6.07) is 54.9. The molecule has 0 amide bonds. The molecule has 52 heavy (non-hydrogen) atoms. The molecule has 250 valence electrons. The SMILES string of the molecule is C=C/C=C(\C=C)N(C(/C=C\CN(c1ccccc1)c1ccc2c(c1)C1(c3ccccc3-c3ccccc31)c1ccccc1-2)=C/C=C)c1ccccc1. The van der Waals surface area contributed by atoms with Crippen molar-refractivity contribution in [2.45, 2.75) is 5.41 Å². The van der Waals surface area contributed by atoms with E-state index in [0.717, 1.165) is 28.5 Å². The smallest absolute Gasteiger partial charge is 0.0726 e. The molecule has 0 heterocycles. The van der Waals surface area contributed by atoms with E-state index in [2.05, 4.69) is 175 Å². The van der Waals surface area contributed by atoms with Crippen molar-refractivity contribution in [2.24, 2.45) is 0 Å².